The summed E-state index contributed by atoms with van der Waals surface area (Å²) in [6.07, 6.45) is 0.902. The minimum atomic E-state index is -0.0806. The van der Waals surface area contributed by atoms with Gasteiger partial charge in [0.1, 0.15) is 11.5 Å². The lowest BCUT2D eigenvalue weighted by Crippen LogP contribution is -2.53. The number of benzene rings is 2. The molecule has 164 valence electrons. The number of nitrogens with zero attached hydrogens (tertiary/aromatic N) is 2. The maximum atomic E-state index is 12.8. The summed E-state index contributed by atoms with van der Waals surface area (Å²) in [4.78, 5) is 29.0. The van der Waals surface area contributed by atoms with E-state index in [2.05, 4.69) is 11.4 Å². The zero-order valence-electron chi connectivity index (χ0n) is 18.1. The Hall–Kier alpha value is -3.22. The first-order chi connectivity index (χ1) is 15.0. The molecule has 7 nitrogen and oxygen atoms in total. The Labute approximate surface area is 182 Å². The van der Waals surface area contributed by atoms with Crippen LogP contribution < -0.4 is 14.8 Å². The minimum Gasteiger partial charge on any atom is -0.496 e. The van der Waals surface area contributed by atoms with Gasteiger partial charge in [-0.15, -0.1) is 0 Å². The second kappa shape index (κ2) is 9.29. The number of hydrogen-bond acceptors (Lipinski definition) is 4. The molecule has 0 aliphatic carbocycles. The van der Waals surface area contributed by atoms with Crippen molar-refractivity contribution in [3.63, 3.8) is 0 Å². The zero-order chi connectivity index (χ0) is 21.8. The van der Waals surface area contributed by atoms with E-state index < -0.39 is 0 Å². The van der Waals surface area contributed by atoms with Crippen LogP contribution in [0, 0.1) is 12.8 Å². The number of para-hydroxylation sites is 1. The van der Waals surface area contributed by atoms with Crippen molar-refractivity contribution in [2.24, 2.45) is 5.92 Å². The lowest BCUT2D eigenvalue weighted by Gasteiger charge is -2.35. The van der Waals surface area contributed by atoms with Gasteiger partial charge in [0.15, 0.2) is 0 Å². The molecular formula is C24H29N3O4. The minimum absolute atomic E-state index is 0.0311. The molecule has 1 unspecified atom stereocenters. The topological polar surface area (TPSA) is 71.1 Å². The van der Waals surface area contributed by atoms with Gasteiger partial charge in [-0.25, -0.2) is 4.79 Å². The molecule has 0 bridgehead atoms. The fourth-order valence-corrected chi connectivity index (χ4v) is 4.11. The van der Waals surface area contributed by atoms with Crippen molar-refractivity contribution in [3.05, 3.63) is 59.2 Å². The zero-order valence-corrected chi connectivity index (χ0v) is 18.1. The average Bonchev–Trinajstić information content (AvgIpc) is 2.82. The quantitative estimate of drug-likeness (QED) is 0.821. The van der Waals surface area contributed by atoms with E-state index in [1.54, 1.807) is 23.0 Å². The van der Waals surface area contributed by atoms with Crippen LogP contribution in [-0.2, 0) is 6.42 Å². The van der Waals surface area contributed by atoms with Gasteiger partial charge in [0.05, 0.1) is 13.7 Å². The number of amides is 3. The highest BCUT2D eigenvalue weighted by molar-refractivity contribution is 5.95. The summed E-state index contributed by atoms with van der Waals surface area (Å²) in [5.74, 6) is 1.88. The molecule has 2 aliphatic rings. The third-order valence-corrected chi connectivity index (χ3v) is 6.01. The van der Waals surface area contributed by atoms with Gasteiger partial charge in [-0.05, 0) is 42.7 Å². The van der Waals surface area contributed by atoms with Crippen molar-refractivity contribution in [1.82, 2.24) is 15.1 Å². The second-order valence-electron chi connectivity index (χ2n) is 8.14. The van der Waals surface area contributed by atoms with Crippen molar-refractivity contribution < 1.29 is 19.1 Å². The van der Waals surface area contributed by atoms with Crippen LogP contribution >= 0.6 is 0 Å². The third-order valence-electron chi connectivity index (χ3n) is 6.01. The van der Waals surface area contributed by atoms with E-state index in [0.29, 0.717) is 50.6 Å². The average molecular weight is 424 g/mol. The predicted molar refractivity (Wildman–Crippen MR) is 118 cm³/mol. The molecule has 1 atom stereocenters. The summed E-state index contributed by atoms with van der Waals surface area (Å²) in [5.41, 5.74) is 2.79. The Balaban J connectivity index is 1.25. The molecule has 4 rings (SSSR count). The number of hydrogen-bond donors (Lipinski definition) is 1. The summed E-state index contributed by atoms with van der Waals surface area (Å²) in [7, 11) is 1.60. The van der Waals surface area contributed by atoms with Crippen LogP contribution in [-0.4, -0.2) is 68.2 Å². The largest absolute Gasteiger partial charge is 0.496 e. The monoisotopic (exact) mass is 423 g/mol. The Kier molecular flexibility index (Phi) is 6.30. The van der Waals surface area contributed by atoms with Crippen molar-refractivity contribution in [1.29, 1.82) is 0 Å². The number of fused-ring (bicyclic) bond motifs is 1. The first-order valence-corrected chi connectivity index (χ1v) is 10.7. The Morgan fingerprint density at radius 3 is 2.61 bits per heavy atom. The first-order valence-electron chi connectivity index (χ1n) is 10.7. The van der Waals surface area contributed by atoms with Gasteiger partial charge in [0.2, 0.25) is 0 Å². The van der Waals surface area contributed by atoms with Crippen LogP contribution in [0.3, 0.4) is 0 Å². The summed E-state index contributed by atoms with van der Waals surface area (Å²) < 4.78 is 11.1. The number of rotatable bonds is 4. The van der Waals surface area contributed by atoms with Crippen molar-refractivity contribution in [2.75, 3.05) is 46.4 Å². The molecule has 7 heteroatoms. The maximum absolute atomic E-state index is 12.8. The number of ether oxygens (including phenoxy) is 2. The molecule has 0 spiro atoms. The van der Waals surface area contributed by atoms with Crippen LogP contribution in [0.5, 0.6) is 11.5 Å². The van der Waals surface area contributed by atoms with Crippen LogP contribution in [0.25, 0.3) is 0 Å². The number of nitrogens with one attached hydrogen (secondary N) is 1. The van der Waals surface area contributed by atoms with Crippen molar-refractivity contribution in [2.45, 2.75) is 13.3 Å². The molecule has 1 fully saturated rings. The lowest BCUT2D eigenvalue weighted by molar-refractivity contribution is 0.0663. The number of carbonyl (C=O) groups excluding carboxylic acids is 2. The van der Waals surface area contributed by atoms with E-state index in [1.807, 2.05) is 37.3 Å². The molecule has 0 radical (unpaired) electrons. The Bertz CT molecular complexity index is 954. The summed E-state index contributed by atoms with van der Waals surface area (Å²) in [6, 6.07) is 13.5. The molecule has 31 heavy (non-hydrogen) atoms. The molecule has 0 saturated carbocycles. The summed E-state index contributed by atoms with van der Waals surface area (Å²) in [5, 5.41) is 3.04. The van der Waals surface area contributed by atoms with Gasteiger partial charge in [0.25, 0.3) is 5.91 Å². The standard InChI is InChI=1S/C24H29N3O4/c1-17-7-8-20(14-22(17)30-2)23(28)26-9-11-27(12-10-26)24(29)25-15-18-13-19-5-3-4-6-21(19)31-16-18/h3-8,14,18H,9-13,15-16H2,1-2H3,(H,25,29). The fraction of sp³-hybridized carbons (Fsp3) is 0.417. The SMILES string of the molecule is COc1cc(C(=O)N2CCN(C(=O)NCC3COc4ccccc4C3)CC2)ccc1C. The van der Waals surface area contributed by atoms with Crippen LogP contribution in [0.4, 0.5) is 4.79 Å². The molecule has 1 N–H and O–H groups in total. The normalized spacial score (nSPS) is 18.1. The highest BCUT2D eigenvalue weighted by atomic mass is 16.5. The second-order valence-corrected chi connectivity index (χ2v) is 8.14. The Morgan fingerprint density at radius 2 is 1.84 bits per heavy atom. The molecule has 3 amide bonds. The summed E-state index contributed by atoms with van der Waals surface area (Å²) >= 11 is 0. The van der Waals surface area contributed by atoms with Crippen molar-refractivity contribution >= 4 is 11.9 Å². The number of aryl methyl sites for hydroxylation is 1. The highest BCUT2D eigenvalue weighted by Gasteiger charge is 2.26. The molecule has 2 aromatic rings. The van der Waals surface area contributed by atoms with Gasteiger partial charge in [-0.3, -0.25) is 4.79 Å². The van der Waals surface area contributed by atoms with Crippen LogP contribution in [0.1, 0.15) is 21.5 Å². The lowest BCUT2D eigenvalue weighted by atomic mass is 9.97. The van der Waals surface area contributed by atoms with E-state index in [4.69, 9.17) is 9.47 Å². The molecule has 2 aromatic carbocycles. The highest BCUT2D eigenvalue weighted by Crippen LogP contribution is 2.26. The van der Waals surface area contributed by atoms with E-state index in [-0.39, 0.29) is 17.9 Å². The van der Waals surface area contributed by atoms with Crippen molar-refractivity contribution in [3.8, 4) is 11.5 Å². The molecule has 1 saturated heterocycles. The van der Waals surface area contributed by atoms with Gasteiger partial charge >= 0.3 is 6.03 Å². The molecule has 2 aliphatic heterocycles. The molecule has 0 aromatic heterocycles. The number of carbonyl (C=O) groups is 2. The molecule has 2 heterocycles. The van der Waals surface area contributed by atoms with E-state index in [9.17, 15) is 9.59 Å². The van der Waals surface area contributed by atoms with E-state index >= 15 is 0 Å². The number of piperazine rings is 1. The first kappa shape index (κ1) is 21.0. The van der Waals surface area contributed by atoms with Gasteiger partial charge < -0.3 is 24.6 Å². The fourth-order valence-electron chi connectivity index (χ4n) is 4.11. The van der Waals surface area contributed by atoms with Crippen LogP contribution in [0.2, 0.25) is 0 Å². The number of methoxy groups -OCH3 is 1. The van der Waals surface area contributed by atoms with Gasteiger partial charge in [-0.1, -0.05) is 24.3 Å². The van der Waals surface area contributed by atoms with E-state index in [1.165, 1.54) is 5.56 Å². The smallest absolute Gasteiger partial charge is 0.317 e. The molecular weight excluding hydrogens is 394 g/mol. The van der Waals surface area contributed by atoms with Gasteiger partial charge in [0, 0.05) is 44.2 Å². The van der Waals surface area contributed by atoms with E-state index in [0.717, 1.165) is 17.7 Å². The van der Waals surface area contributed by atoms with Gasteiger partial charge in [-0.2, -0.15) is 0 Å². The van der Waals surface area contributed by atoms with Crippen LogP contribution in [0.15, 0.2) is 42.5 Å². The summed E-state index contributed by atoms with van der Waals surface area (Å²) in [6.45, 7) is 5.21. The maximum Gasteiger partial charge on any atom is 0.317 e. The predicted octanol–water partition coefficient (Wildman–Crippen LogP) is 2.72. The Morgan fingerprint density at radius 1 is 1.10 bits per heavy atom. The third kappa shape index (κ3) is 4.76. The number of urea groups is 1.